The van der Waals surface area contributed by atoms with Gasteiger partial charge in [0, 0.05) is 38.0 Å². The van der Waals surface area contributed by atoms with Gasteiger partial charge >= 0.3 is 0 Å². The van der Waals surface area contributed by atoms with Gasteiger partial charge < -0.3 is 20.3 Å². The van der Waals surface area contributed by atoms with Crippen LogP contribution in [0.3, 0.4) is 0 Å². The number of nitrogens with zero attached hydrogens (tertiary/aromatic N) is 2. The molecule has 7 heteroatoms. The van der Waals surface area contributed by atoms with Gasteiger partial charge in [-0.15, -0.1) is 0 Å². The maximum atomic E-state index is 14.4. The van der Waals surface area contributed by atoms with Crippen LogP contribution >= 0.6 is 0 Å². The lowest BCUT2D eigenvalue weighted by molar-refractivity contribution is -0.127. The van der Waals surface area contributed by atoms with Crippen LogP contribution in [0, 0.1) is 5.82 Å². The fourth-order valence-electron chi connectivity index (χ4n) is 3.93. The lowest BCUT2D eigenvalue weighted by Crippen LogP contribution is -2.44. The summed E-state index contributed by atoms with van der Waals surface area (Å²) in [4.78, 5) is 18.2. The number of nitrogens with one attached hydrogen (secondary N) is 2. The lowest BCUT2D eigenvalue weighted by Gasteiger charge is -2.29. The summed E-state index contributed by atoms with van der Waals surface area (Å²) < 4.78 is 20.2. The van der Waals surface area contributed by atoms with Crippen LogP contribution in [-0.4, -0.2) is 50.6 Å². The summed E-state index contributed by atoms with van der Waals surface area (Å²) in [6.45, 7) is 1.21. The van der Waals surface area contributed by atoms with E-state index in [0.717, 1.165) is 36.1 Å². The Morgan fingerprint density at radius 1 is 1.19 bits per heavy atom. The van der Waals surface area contributed by atoms with E-state index < -0.39 is 0 Å². The minimum Gasteiger partial charge on any atom is -0.493 e. The molecule has 1 atom stereocenters. The van der Waals surface area contributed by atoms with Crippen molar-refractivity contribution in [1.82, 2.24) is 15.5 Å². The van der Waals surface area contributed by atoms with Gasteiger partial charge in [0.1, 0.15) is 18.1 Å². The van der Waals surface area contributed by atoms with Gasteiger partial charge in [-0.3, -0.25) is 4.79 Å². The highest BCUT2D eigenvalue weighted by molar-refractivity contribution is 5.85. The number of carbonyl (C=O) groups excluding carboxylic acids is 1. The van der Waals surface area contributed by atoms with Gasteiger partial charge in [0.25, 0.3) is 0 Å². The summed E-state index contributed by atoms with van der Waals surface area (Å²) in [5.41, 5.74) is 1.58. The van der Waals surface area contributed by atoms with Crippen molar-refractivity contribution in [2.24, 2.45) is 4.99 Å². The fraction of sp³-hybridized carbons (Fsp3) is 0.417. The van der Waals surface area contributed by atoms with Crippen LogP contribution in [0.1, 0.15) is 36.4 Å². The number of ether oxygens (including phenoxy) is 1. The van der Waals surface area contributed by atoms with Gasteiger partial charge in [-0.1, -0.05) is 36.4 Å². The summed E-state index contributed by atoms with van der Waals surface area (Å²) in [7, 11) is 3.43. The maximum absolute atomic E-state index is 14.4. The number of para-hydroxylation sites is 1. The zero-order valence-electron chi connectivity index (χ0n) is 18.0. The number of aliphatic imine (C=N–C) groups is 1. The molecule has 1 amide bonds. The summed E-state index contributed by atoms with van der Waals surface area (Å²) in [5.74, 6) is 1.16. The molecule has 0 aromatic heterocycles. The van der Waals surface area contributed by atoms with Crippen LogP contribution in [0.4, 0.5) is 4.39 Å². The molecule has 0 saturated heterocycles. The average molecular weight is 425 g/mol. The van der Waals surface area contributed by atoms with Crippen molar-refractivity contribution in [3.8, 4) is 5.75 Å². The molecule has 2 aliphatic rings. The molecule has 1 unspecified atom stereocenters. The molecule has 2 aromatic carbocycles. The third kappa shape index (κ3) is 4.81. The topological polar surface area (TPSA) is 66.0 Å². The smallest absolute Gasteiger partial charge is 0.243 e. The monoisotopic (exact) mass is 424 g/mol. The van der Waals surface area contributed by atoms with Crippen LogP contribution in [0.15, 0.2) is 53.5 Å². The van der Waals surface area contributed by atoms with Gasteiger partial charge in [-0.25, -0.2) is 9.38 Å². The third-order valence-electron chi connectivity index (χ3n) is 6.03. The first-order chi connectivity index (χ1) is 15.0. The van der Waals surface area contributed by atoms with Gasteiger partial charge in [-0.05, 0) is 30.5 Å². The van der Waals surface area contributed by atoms with E-state index in [1.807, 2.05) is 36.4 Å². The minimum absolute atomic E-state index is 0.0225. The second-order valence-corrected chi connectivity index (χ2v) is 8.44. The van der Waals surface area contributed by atoms with Crippen molar-refractivity contribution < 1.29 is 13.9 Å². The molecule has 31 heavy (non-hydrogen) atoms. The highest BCUT2D eigenvalue weighted by Gasteiger charge is 2.46. The average Bonchev–Trinajstić information content (AvgIpc) is 3.56. The van der Waals surface area contributed by atoms with Crippen molar-refractivity contribution >= 4 is 11.9 Å². The number of carbonyl (C=O) groups is 1. The molecule has 0 spiro atoms. The Morgan fingerprint density at radius 3 is 2.68 bits per heavy atom. The normalized spacial score (nSPS) is 19.1. The first-order valence-electron chi connectivity index (χ1n) is 10.7. The predicted octanol–water partition coefficient (Wildman–Crippen LogP) is 3.00. The Morgan fingerprint density at radius 2 is 1.94 bits per heavy atom. The van der Waals surface area contributed by atoms with Crippen molar-refractivity contribution in [3.05, 3.63) is 65.5 Å². The molecule has 1 aliphatic heterocycles. The number of fused-ring (bicyclic) bond motifs is 1. The lowest BCUT2D eigenvalue weighted by atomic mass is 9.95. The number of likely N-dealkylation sites (N-methyl/N-ethyl adjacent to an activating group) is 1. The molecular weight excluding hydrogens is 395 g/mol. The molecule has 0 bridgehead atoms. The Labute approximate surface area is 182 Å². The van der Waals surface area contributed by atoms with Gasteiger partial charge in [-0.2, -0.15) is 0 Å². The molecule has 1 fully saturated rings. The maximum Gasteiger partial charge on any atom is 0.243 e. The van der Waals surface area contributed by atoms with Crippen LogP contribution in [0.2, 0.25) is 0 Å². The molecule has 2 N–H and O–H groups in total. The highest BCUT2D eigenvalue weighted by atomic mass is 19.1. The van der Waals surface area contributed by atoms with Crippen LogP contribution < -0.4 is 15.4 Å². The number of hydrogen-bond acceptors (Lipinski definition) is 3. The SMILES string of the molecule is CN(C)C(=O)CN=C(NCC1(c2ccccc2F)CC1)NC1CCOc2ccccc21. The molecule has 1 saturated carbocycles. The van der Waals surface area contributed by atoms with Gasteiger partial charge in [0.15, 0.2) is 5.96 Å². The molecule has 1 heterocycles. The number of rotatable bonds is 6. The molecule has 2 aromatic rings. The first-order valence-corrected chi connectivity index (χ1v) is 10.7. The minimum atomic E-state index is -0.229. The van der Waals surface area contributed by atoms with Crippen molar-refractivity contribution in [3.63, 3.8) is 0 Å². The molecule has 6 nitrogen and oxygen atoms in total. The number of benzene rings is 2. The number of hydrogen-bond donors (Lipinski definition) is 2. The number of amides is 1. The van der Waals surface area contributed by atoms with E-state index in [2.05, 4.69) is 15.6 Å². The van der Waals surface area contributed by atoms with Gasteiger partial charge in [0.2, 0.25) is 5.91 Å². The summed E-state index contributed by atoms with van der Waals surface area (Å²) in [5, 5.41) is 6.85. The predicted molar refractivity (Wildman–Crippen MR) is 119 cm³/mol. The molecule has 1 aliphatic carbocycles. The quantitative estimate of drug-likeness (QED) is 0.553. The van der Waals surface area contributed by atoms with E-state index in [9.17, 15) is 9.18 Å². The number of guanidine groups is 1. The Balaban J connectivity index is 1.51. The zero-order valence-corrected chi connectivity index (χ0v) is 18.0. The van der Waals surface area contributed by atoms with E-state index in [4.69, 9.17) is 4.74 Å². The van der Waals surface area contributed by atoms with E-state index in [0.29, 0.717) is 19.1 Å². The van der Waals surface area contributed by atoms with E-state index >= 15 is 0 Å². The van der Waals surface area contributed by atoms with E-state index in [1.54, 1.807) is 20.2 Å². The second-order valence-electron chi connectivity index (χ2n) is 8.44. The standard InChI is InChI=1S/C24H29FN4O2/c1-29(2)22(30)15-26-23(28-20-11-14-31-21-10-6-3-7-17(20)21)27-16-24(12-13-24)18-8-4-5-9-19(18)25/h3-10,20H,11-16H2,1-2H3,(H2,26,27,28). The number of halogens is 1. The van der Waals surface area contributed by atoms with E-state index in [1.165, 1.54) is 11.0 Å². The zero-order chi connectivity index (χ0) is 21.8. The van der Waals surface area contributed by atoms with Crippen LogP contribution in [0.25, 0.3) is 0 Å². The first kappa shape index (κ1) is 21.2. The molecule has 164 valence electrons. The van der Waals surface area contributed by atoms with Crippen LogP contribution in [-0.2, 0) is 10.2 Å². The third-order valence-corrected chi connectivity index (χ3v) is 6.03. The van der Waals surface area contributed by atoms with E-state index in [-0.39, 0.29) is 29.7 Å². The van der Waals surface area contributed by atoms with Crippen LogP contribution in [0.5, 0.6) is 5.75 Å². The second kappa shape index (κ2) is 8.96. The molecule has 4 rings (SSSR count). The largest absolute Gasteiger partial charge is 0.493 e. The molecular formula is C24H29FN4O2. The Kier molecular flexibility index (Phi) is 6.11. The fourth-order valence-corrected chi connectivity index (χ4v) is 3.93. The van der Waals surface area contributed by atoms with Crippen molar-refractivity contribution in [2.75, 3.05) is 33.8 Å². The van der Waals surface area contributed by atoms with Gasteiger partial charge in [0.05, 0.1) is 12.6 Å². The summed E-state index contributed by atoms with van der Waals surface area (Å²) in [6.07, 6.45) is 2.63. The Hall–Kier alpha value is -3.09. The highest BCUT2D eigenvalue weighted by Crippen LogP contribution is 2.48. The van der Waals surface area contributed by atoms with Crippen molar-refractivity contribution in [2.45, 2.75) is 30.7 Å². The summed E-state index contributed by atoms with van der Waals surface area (Å²) in [6, 6.07) is 14.9. The van der Waals surface area contributed by atoms with Crippen molar-refractivity contribution in [1.29, 1.82) is 0 Å². The summed E-state index contributed by atoms with van der Waals surface area (Å²) >= 11 is 0. The Bertz CT molecular complexity index is 972. The molecule has 0 radical (unpaired) electrons.